The van der Waals surface area contributed by atoms with E-state index in [1.807, 2.05) is 46.0 Å². The van der Waals surface area contributed by atoms with Crippen LogP contribution in [0.4, 0.5) is 0 Å². The lowest BCUT2D eigenvalue weighted by molar-refractivity contribution is -0.130. The van der Waals surface area contributed by atoms with Gasteiger partial charge in [0.1, 0.15) is 5.65 Å². The van der Waals surface area contributed by atoms with Crippen molar-refractivity contribution in [2.45, 2.75) is 39.7 Å². The van der Waals surface area contributed by atoms with Crippen molar-refractivity contribution < 1.29 is 4.79 Å². The number of pyridine rings is 1. The lowest BCUT2D eigenvalue weighted by Gasteiger charge is -2.34. The summed E-state index contributed by atoms with van der Waals surface area (Å²) >= 11 is 0. The molecule has 1 aromatic carbocycles. The minimum Gasteiger partial charge on any atom is -0.340 e. The average molecular weight is 408 g/mol. The fourth-order valence-corrected chi connectivity index (χ4v) is 4.00. The molecule has 0 radical (unpaired) electrons. The second kappa shape index (κ2) is 7.72. The maximum absolute atomic E-state index is 12.9. The highest BCUT2D eigenvalue weighted by atomic mass is 16.2. The minimum atomic E-state index is -0.166. The van der Waals surface area contributed by atoms with Gasteiger partial charge in [0, 0.05) is 56.0 Å². The van der Waals surface area contributed by atoms with Crippen LogP contribution in [0.3, 0.4) is 0 Å². The summed E-state index contributed by atoms with van der Waals surface area (Å²) in [7, 11) is 0. The fraction of sp³-hybridized carbons (Fsp3) is 0.435. The highest BCUT2D eigenvalue weighted by Crippen LogP contribution is 2.30. The number of fused-ring (bicyclic) bond motifs is 1. The van der Waals surface area contributed by atoms with Gasteiger partial charge in [-0.3, -0.25) is 14.5 Å². The Hall–Kier alpha value is -2.93. The maximum atomic E-state index is 12.9. The number of aromatic amines is 1. The normalized spacial score (nSPS) is 15.7. The third-order valence-corrected chi connectivity index (χ3v) is 5.69. The molecule has 7 nitrogen and oxygen atoms in total. The van der Waals surface area contributed by atoms with Gasteiger partial charge in [-0.25, -0.2) is 4.68 Å². The van der Waals surface area contributed by atoms with Crippen molar-refractivity contribution in [3.05, 3.63) is 58.0 Å². The van der Waals surface area contributed by atoms with Gasteiger partial charge in [-0.05, 0) is 18.2 Å². The predicted octanol–water partition coefficient (Wildman–Crippen LogP) is 2.68. The zero-order valence-electron chi connectivity index (χ0n) is 18.1. The Bertz CT molecular complexity index is 1120. The van der Waals surface area contributed by atoms with Crippen molar-refractivity contribution in [2.75, 3.05) is 26.2 Å². The van der Waals surface area contributed by atoms with E-state index >= 15 is 0 Å². The number of para-hydroxylation sites is 1. The maximum Gasteiger partial charge on any atom is 0.254 e. The molecule has 3 aromatic rings. The molecule has 1 aliphatic heterocycles. The molecule has 0 atom stereocenters. The summed E-state index contributed by atoms with van der Waals surface area (Å²) < 4.78 is 1.83. The Kier molecular flexibility index (Phi) is 5.24. The van der Waals surface area contributed by atoms with E-state index in [9.17, 15) is 9.59 Å². The molecule has 0 spiro atoms. The molecule has 0 saturated carbocycles. The Balaban J connectivity index is 1.72. The van der Waals surface area contributed by atoms with Crippen LogP contribution >= 0.6 is 0 Å². The Morgan fingerprint density at radius 3 is 2.37 bits per heavy atom. The number of aromatic nitrogens is 3. The first-order chi connectivity index (χ1) is 14.2. The molecule has 0 aliphatic carbocycles. The number of carbonyl (C=O) groups excluding carboxylic acids is 1. The summed E-state index contributed by atoms with van der Waals surface area (Å²) in [6.45, 7) is 11.5. The monoisotopic (exact) mass is 407 g/mol. The predicted molar refractivity (Wildman–Crippen MR) is 118 cm³/mol. The second-order valence-electron chi connectivity index (χ2n) is 9.01. The van der Waals surface area contributed by atoms with Gasteiger partial charge in [-0.15, -0.1) is 0 Å². The Morgan fingerprint density at radius 1 is 1.10 bits per heavy atom. The highest BCUT2D eigenvalue weighted by Gasteiger charge is 2.25. The third-order valence-electron chi connectivity index (χ3n) is 5.69. The van der Waals surface area contributed by atoms with Gasteiger partial charge < -0.3 is 9.88 Å². The fourth-order valence-electron chi connectivity index (χ4n) is 4.00. The van der Waals surface area contributed by atoms with Crippen molar-refractivity contribution in [1.29, 1.82) is 0 Å². The van der Waals surface area contributed by atoms with Crippen molar-refractivity contribution in [1.82, 2.24) is 24.6 Å². The summed E-state index contributed by atoms with van der Waals surface area (Å²) in [5, 5.41) is 5.85. The molecular weight excluding hydrogens is 378 g/mol. The molecule has 1 fully saturated rings. The topological polar surface area (TPSA) is 74.2 Å². The van der Waals surface area contributed by atoms with E-state index in [-0.39, 0.29) is 16.9 Å². The molecule has 4 rings (SSSR count). The number of rotatable bonds is 3. The van der Waals surface area contributed by atoms with Gasteiger partial charge in [-0.1, -0.05) is 39.0 Å². The quantitative estimate of drug-likeness (QED) is 0.724. The smallest absolute Gasteiger partial charge is 0.254 e. The first-order valence-corrected chi connectivity index (χ1v) is 10.4. The minimum absolute atomic E-state index is 0.0889. The number of benzene rings is 1. The number of hydrogen-bond donors (Lipinski definition) is 1. The largest absolute Gasteiger partial charge is 0.340 e. The van der Waals surface area contributed by atoms with E-state index in [1.54, 1.807) is 6.92 Å². The summed E-state index contributed by atoms with van der Waals surface area (Å²) in [4.78, 5) is 31.7. The molecule has 1 amide bonds. The van der Waals surface area contributed by atoms with E-state index in [4.69, 9.17) is 5.10 Å². The van der Waals surface area contributed by atoms with Crippen LogP contribution in [0.2, 0.25) is 0 Å². The first-order valence-electron chi connectivity index (χ1n) is 10.4. The van der Waals surface area contributed by atoms with E-state index < -0.39 is 0 Å². The van der Waals surface area contributed by atoms with Gasteiger partial charge in [0.2, 0.25) is 5.91 Å². The number of nitrogens with zero attached hydrogens (tertiary/aromatic N) is 4. The van der Waals surface area contributed by atoms with Gasteiger partial charge in [0.05, 0.1) is 11.4 Å². The van der Waals surface area contributed by atoms with Crippen LogP contribution in [-0.2, 0) is 16.8 Å². The zero-order valence-corrected chi connectivity index (χ0v) is 18.1. The Morgan fingerprint density at radius 2 is 1.77 bits per heavy atom. The number of carbonyl (C=O) groups is 1. The van der Waals surface area contributed by atoms with E-state index in [0.717, 1.165) is 41.1 Å². The number of hydrogen-bond acceptors (Lipinski definition) is 4. The standard InChI is InChI=1S/C23H29N5O2/c1-16(29)27-12-10-26(11-13-27)15-17-14-19-20(23(2,3)4)25-28(21(19)24-22(17)30)18-8-6-5-7-9-18/h5-9,14H,10-13,15H2,1-4H3,(H,24,30). The van der Waals surface area contributed by atoms with Crippen LogP contribution in [0.15, 0.2) is 41.2 Å². The molecule has 30 heavy (non-hydrogen) atoms. The molecule has 0 bridgehead atoms. The van der Waals surface area contributed by atoms with Crippen LogP contribution in [0.1, 0.15) is 39.0 Å². The molecule has 2 aromatic heterocycles. The van der Waals surface area contributed by atoms with Crippen molar-refractivity contribution >= 4 is 16.9 Å². The number of amides is 1. The molecule has 3 heterocycles. The van der Waals surface area contributed by atoms with E-state index in [1.165, 1.54) is 0 Å². The van der Waals surface area contributed by atoms with Crippen molar-refractivity contribution in [2.24, 2.45) is 0 Å². The van der Waals surface area contributed by atoms with Gasteiger partial charge in [0.15, 0.2) is 0 Å². The van der Waals surface area contributed by atoms with E-state index in [0.29, 0.717) is 19.6 Å². The molecule has 158 valence electrons. The number of nitrogens with one attached hydrogen (secondary N) is 1. The van der Waals surface area contributed by atoms with Crippen LogP contribution in [0.25, 0.3) is 16.7 Å². The molecule has 1 aliphatic rings. The Labute approximate surface area is 176 Å². The lowest BCUT2D eigenvalue weighted by atomic mass is 9.90. The van der Waals surface area contributed by atoms with Crippen LogP contribution in [-0.4, -0.2) is 56.7 Å². The van der Waals surface area contributed by atoms with Crippen LogP contribution in [0, 0.1) is 0 Å². The first kappa shape index (κ1) is 20.3. The zero-order chi connectivity index (χ0) is 21.5. The molecular formula is C23H29N5O2. The van der Waals surface area contributed by atoms with Gasteiger partial charge in [-0.2, -0.15) is 5.10 Å². The summed E-state index contributed by atoms with van der Waals surface area (Å²) in [5.74, 6) is 0.108. The third kappa shape index (κ3) is 3.89. The molecule has 7 heteroatoms. The van der Waals surface area contributed by atoms with Crippen molar-refractivity contribution in [3.8, 4) is 5.69 Å². The average Bonchev–Trinajstić information content (AvgIpc) is 3.08. The summed E-state index contributed by atoms with van der Waals surface area (Å²) in [6.07, 6.45) is 0. The SMILES string of the molecule is CC(=O)N1CCN(Cc2cc3c(C(C)(C)C)nn(-c4ccccc4)c3[nH]c2=O)CC1. The number of piperazine rings is 1. The lowest BCUT2D eigenvalue weighted by Crippen LogP contribution is -2.48. The van der Waals surface area contributed by atoms with Crippen molar-refractivity contribution in [3.63, 3.8) is 0 Å². The second-order valence-corrected chi connectivity index (χ2v) is 9.01. The molecule has 1 saturated heterocycles. The molecule has 0 unspecified atom stereocenters. The summed E-state index contributed by atoms with van der Waals surface area (Å²) in [6, 6.07) is 11.9. The highest BCUT2D eigenvalue weighted by molar-refractivity contribution is 5.81. The number of H-pyrrole nitrogens is 1. The van der Waals surface area contributed by atoms with Gasteiger partial charge in [0.25, 0.3) is 5.56 Å². The summed E-state index contributed by atoms with van der Waals surface area (Å²) in [5.41, 5.74) is 3.08. The molecule has 1 N–H and O–H groups in total. The van der Waals surface area contributed by atoms with Gasteiger partial charge >= 0.3 is 0 Å². The van der Waals surface area contributed by atoms with E-state index in [2.05, 4.69) is 30.7 Å². The van der Waals surface area contributed by atoms with Crippen LogP contribution < -0.4 is 5.56 Å². The van der Waals surface area contributed by atoms with Crippen LogP contribution in [0.5, 0.6) is 0 Å².